The van der Waals surface area contributed by atoms with Crippen molar-refractivity contribution in [2.45, 2.75) is 26.8 Å². The Kier molecular flexibility index (Phi) is 4.70. The van der Waals surface area contributed by atoms with E-state index in [1.807, 2.05) is 56.3 Å². The van der Waals surface area contributed by atoms with Crippen LogP contribution in [0.5, 0.6) is 5.75 Å². The van der Waals surface area contributed by atoms with Crippen molar-refractivity contribution in [2.24, 2.45) is 0 Å². The van der Waals surface area contributed by atoms with E-state index >= 15 is 0 Å². The van der Waals surface area contributed by atoms with E-state index in [0.717, 1.165) is 33.7 Å². The lowest BCUT2D eigenvalue weighted by Crippen LogP contribution is -2.14. The number of benzene rings is 2. The average Bonchev–Trinajstić information content (AvgIpc) is 2.68. The predicted octanol–water partition coefficient (Wildman–Crippen LogP) is 5.46. The van der Waals surface area contributed by atoms with E-state index in [0.29, 0.717) is 5.52 Å². The number of pyridine rings is 2. The van der Waals surface area contributed by atoms with Crippen molar-refractivity contribution in [3.8, 4) is 5.75 Å². The second kappa shape index (κ2) is 7.31. The third kappa shape index (κ3) is 3.54. The number of aryl methyl sites for hydroxylation is 3. The number of phenols is 1. The van der Waals surface area contributed by atoms with Gasteiger partial charge in [0.2, 0.25) is 0 Å². The van der Waals surface area contributed by atoms with Crippen LogP contribution in [0.4, 0.5) is 5.82 Å². The number of nitrogens with one attached hydrogen (secondary N) is 1. The van der Waals surface area contributed by atoms with E-state index in [1.54, 1.807) is 0 Å². The smallest absolute Gasteiger partial charge is 0.147 e. The number of hydrogen-bond donors (Lipinski definition) is 2. The van der Waals surface area contributed by atoms with Crippen LogP contribution in [0.15, 0.2) is 66.7 Å². The monoisotopic (exact) mass is 369 g/mol. The van der Waals surface area contributed by atoms with Gasteiger partial charge >= 0.3 is 0 Å². The Hall–Kier alpha value is -3.40. The third-order valence-electron chi connectivity index (χ3n) is 4.91. The van der Waals surface area contributed by atoms with Crippen molar-refractivity contribution in [3.63, 3.8) is 0 Å². The number of nitrogens with zero attached hydrogens (tertiary/aromatic N) is 2. The molecule has 0 amide bonds. The highest BCUT2D eigenvalue weighted by molar-refractivity contribution is 5.86. The Morgan fingerprint density at radius 1 is 0.786 bits per heavy atom. The summed E-state index contributed by atoms with van der Waals surface area (Å²) < 4.78 is 0. The van der Waals surface area contributed by atoms with Gasteiger partial charge in [-0.3, -0.25) is 0 Å². The average molecular weight is 369 g/mol. The zero-order valence-corrected chi connectivity index (χ0v) is 16.3. The Bertz CT molecular complexity index is 1140. The molecule has 0 fully saturated rings. The second-order valence-electron chi connectivity index (χ2n) is 7.18. The lowest BCUT2D eigenvalue weighted by atomic mass is 9.95. The molecule has 0 radical (unpaired) electrons. The lowest BCUT2D eigenvalue weighted by molar-refractivity contribution is 0.471. The minimum Gasteiger partial charge on any atom is -0.505 e. The predicted molar refractivity (Wildman–Crippen MR) is 114 cm³/mol. The summed E-state index contributed by atoms with van der Waals surface area (Å²) in [5, 5.41) is 15.5. The van der Waals surface area contributed by atoms with Crippen LogP contribution in [-0.2, 0) is 0 Å². The van der Waals surface area contributed by atoms with Crippen LogP contribution in [0.25, 0.3) is 10.9 Å². The fourth-order valence-electron chi connectivity index (χ4n) is 3.39. The number of aromatic nitrogens is 2. The molecule has 140 valence electrons. The molecule has 0 aliphatic rings. The van der Waals surface area contributed by atoms with E-state index in [1.165, 1.54) is 5.56 Å². The first-order valence-corrected chi connectivity index (χ1v) is 9.37. The maximum absolute atomic E-state index is 11.1. The molecule has 0 aliphatic carbocycles. The summed E-state index contributed by atoms with van der Waals surface area (Å²) in [6.45, 7) is 5.96. The topological polar surface area (TPSA) is 58.0 Å². The lowest BCUT2D eigenvalue weighted by Gasteiger charge is -2.22. The van der Waals surface area contributed by atoms with Gasteiger partial charge in [-0.2, -0.15) is 0 Å². The van der Waals surface area contributed by atoms with Crippen molar-refractivity contribution >= 4 is 16.7 Å². The standard InChI is InChI=1S/C24H23N3O/c1-15-7-10-18(11-8-15)22(27-21-6-4-5-16(2)25-21)20-14-13-19-12-9-17(3)26-23(19)24(20)28/h4-14,22,28H,1-3H3,(H,25,27). The van der Waals surface area contributed by atoms with E-state index in [4.69, 9.17) is 0 Å². The number of aromatic hydroxyl groups is 1. The van der Waals surface area contributed by atoms with E-state index in [-0.39, 0.29) is 11.8 Å². The zero-order valence-electron chi connectivity index (χ0n) is 16.3. The Morgan fingerprint density at radius 3 is 2.25 bits per heavy atom. The van der Waals surface area contributed by atoms with Crippen LogP contribution in [-0.4, -0.2) is 15.1 Å². The summed E-state index contributed by atoms with van der Waals surface area (Å²) in [7, 11) is 0. The zero-order chi connectivity index (χ0) is 19.7. The maximum Gasteiger partial charge on any atom is 0.147 e. The maximum atomic E-state index is 11.1. The molecule has 2 N–H and O–H groups in total. The van der Waals surface area contributed by atoms with Gasteiger partial charge in [-0.1, -0.05) is 54.1 Å². The van der Waals surface area contributed by atoms with Gasteiger partial charge in [0, 0.05) is 22.3 Å². The van der Waals surface area contributed by atoms with Crippen LogP contribution in [0, 0.1) is 20.8 Å². The van der Waals surface area contributed by atoms with Crippen molar-refractivity contribution in [2.75, 3.05) is 5.32 Å². The molecule has 4 aromatic rings. The van der Waals surface area contributed by atoms with E-state index in [2.05, 4.69) is 46.5 Å². The van der Waals surface area contributed by atoms with Gasteiger partial charge in [0.25, 0.3) is 0 Å². The number of rotatable bonds is 4. The van der Waals surface area contributed by atoms with E-state index in [9.17, 15) is 5.11 Å². The van der Waals surface area contributed by atoms with Gasteiger partial charge in [0.15, 0.2) is 0 Å². The molecule has 2 heterocycles. The van der Waals surface area contributed by atoms with Gasteiger partial charge in [-0.25, -0.2) is 9.97 Å². The molecule has 0 saturated carbocycles. The van der Waals surface area contributed by atoms with Crippen molar-refractivity contribution in [3.05, 3.63) is 94.8 Å². The molecule has 1 atom stereocenters. The largest absolute Gasteiger partial charge is 0.505 e. The summed E-state index contributed by atoms with van der Waals surface area (Å²) in [6, 6.07) is 21.8. The fraction of sp³-hybridized carbons (Fsp3) is 0.167. The molecule has 1 unspecified atom stereocenters. The van der Waals surface area contributed by atoms with Crippen LogP contribution >= 0.6 is 0 Å². The van der Waals surface area contributed by atoms with Crippen LogP contribution in [0.3, 0.4) is 0 Å². The molecule has 0 spiro atoms. The molecule has 4 rings (SSSR count). The van der Waals surface area contributed by atoms with Gasteiger partial charge in [0.1, 0.15) is 17.1 Å². The minimum absolute atomic E-state index is 0.201. The second-order valence-corrected chi connectivity index (χ2v) is 7.18. The van der Waals surface area contributed by atoms with Crippen molar-refractivity contribution in [1.82, 2.24) is 9.97 Å². The van der Waals surface area contributed by atoms with Gasteiger partial charge in [0.05, 0.1) is 6.04 Å². The summed E-state index contributed by atoms with van der Waals surface area (Å²) in [6.07, 6.45) is 0. The van der Waals surface area contributed by atoms with Crippen LogP contribution in [0.2, 0.25) is 0 Å². The molecular weight excluding hydrogens is 346 g/mol. The molecule has 4 heteroatoms. The van der Waals surface area contributed by atoms with Crippen molar-refractivity contribution in [1.29, 1.82) is 0 Å². The Morgan fingerprint density at radius 2 is 1.50 bits per heavy atom. The van der Waals surface area contributed by atoms with Gasteiger partial charge in [-0.05, 0) is 44.5 Å². The molecule has 2 aromatic carbocycles. The summed E-state index contributed by atoms with van der Waals surface area (Å²) >= 11 is 0. The number of hydrogen-bond acceptors (Lipinski definition) is 4. The van der Waals surface area contributed by atoms with Gasteiger partial charge in [-0.15, -0.1) is 0 Å². The highest BCUT2D eigenvalue weighted by atomic mass is 16.3. The van der Waals surface area contributed by atoms with E-state index < -0.39 is 0 Å². The Balaban J connectivity index is 1.86. The minimum atomic E-state index is -0.249. The highest BCUT2D eigenvalue weighted by Crippen LogP contribution is 2.36. The molecule has 2 aromatic heterocycles. The fourth-order valence-corrected chi connectivity index (χ4v) is 3.39. The first-order chi connectivity index (χ1) is 13.5. The summed E-state index contributed by atoms with van der Waals surface area (Å²) in [4.78, 5) is 9.13. The Labute approximate surface area is 164 Å². The third-order valence-corrected chi connectivity index (χ3v) is 4.91. The normalized spacial score (nSPS) is 12.1. The molecule has 0 aliphatic heterocycles. The molecular formula is C24H23N3O. The first-order valence-electron chi connectivity index (χ1n) is 9.37. The molecule has 0 saturated heterocycles. The molecule has 28 heavy (non-hydrogen) atoms. The van der Waals surface area contributed by atoms with Gasteiger partial charge < -0.3 is 10.4 Å². The quantitative estimate of drug-likeness (QED) is 0.501. The SMILES string of the molecule is Cc1ccc(C(Nc2cccc(C)n2)c2ccc3ccc(C)nc3c2O)cc1. The molecule has 0 bridgehead atoms. The molecule has 4 nitrogen and oxygen atoms in total. The number of anilines is 1. The first kappa shape index (κ1) is 18.0. The van der Waals surface area contributed by atoms with Crippen LogP contribution in [0.1, 0.15) is 34.1 Å². The summed E-state index contributed by atoms with van der Waals surface area (Å²) in [5.41, 5.74) is 5.45. The van der Waals surface area contributed by atoms with Crippen molar-refractivity contribution < 1.29 is 5.11 Å². The highest BCUT2D eigenvalue weighted by Gasteiger charge is 2.20. The number of phenolic OH excluding ortho intramolecular Hbond substituents is 1. The summed E-state index contributed by atoms with van der Waals surface area (Å²) in [5.74, 6) is 0.967. The van der Waals surface area contributed by atoms with Crippen LogP contribution < -0.4 is 5.32 Å². The number of fused-ring (bicyclic) bond motifs is 1.